The zero-order chi connectivity index (χ0) is 15.4. The van der Waals surface area contributed by atoms with E-state index in [4.69, 9.17) is 4.74 Å². The molecule has 0 fully saturated rings. The summed E-state index contributed by atoms with van der Waals surface area (Å²) >= 11 is 0. The number of benzene rings is 1. The van der Waals surface area contributed by atoms with E-state index in [1.165, 1.54) is 0 Å². The van der Waals surface area contributed by atoms with E-state index in [2.05, 4.69) is 4.74 Å². The monoisotopic (exact) mass is 294 g/mol. The highest BCUT2D eigenvalue weighted by atomic mass is 16.5. The SMILES string of the molecule is C.CC=CC.COC.O=Cc1cc(C=O)c2c(c1)OCC2. The number of carbonyl (C=O) groups is 2. The van der Waals surface area contributed by atoms with E-state index >= 15 is 0 Å². The minimum Gasteiger partial charge on any atom is -0.493 e. The lowest BCUT2D eigenvalue weighted by Gasteiger charge is -2.01. The molecule has 0 radical (unpaired) electrons. The third-order valence-corrected chi connectivity index (χ3v) is 2.47. The predicted octanol–water partition coefficient (Wildman–Crippen LogP) is 3.73. The van der Waals surface area contributed by atoms with Crippen molar-refractivity contribution in [1.82, 2.24) is 0 Å². The van der Waals surface area contributed by atoms with E-state index in [1.807, 2.05) is 26.0 Å². The number of carbonyl (C=O) groups excluding carboxylic acids is 2. The van der Waals surface area contributed by atoms with E-state index < -0.39 is 0 Å². The van der Waals surface area contributed by atoms with Crippen LogP contribution in [0.25, 0.3) is 0 Å². The van der Waals surface area contributed by atoms with Crippen molar-refractivity contribution in [2.45, 2.75) is 27.7 Å². The second-order valence-electron chi connectivity index (χ2n) is 4.00. The number of methoxy groups -OCH3 is 1. The lowest BCUT2D eigenvalue weighted by atomic mass is 10.0. The Morgan fingerprint density at radius 3 is 2.10 bits per heavy atom. The molecule has 0 aliphatic carbocycles. The van der Waals surface area contributed by atoms with E-state index in [-0.39, 0.29) is 7.43 Å². The summed E-state index contributed by atoms with van der Waals surface area (Å²) in [5, 5.41) is 0. The Kier molecular flexibility index (Phi) is 13.3. The van der Waals surface area contributed by atoms with Crippen LogP contribution >= 0.6 is 0 Å². The molecule has 1 aliphatic heterocycles. The first-order chi connectivity index (χ1) is 9.68. The maximum Gasteiger partial charge on any atom is 0.150 e. The number of fused-ring (bicyclic) bond motifs is 1. The van der Waals surface area contributed by atoms with E-state index in [1.54, 1.807) is 26.4 Å². The highest BCUT2D eigenvalue weighted by molar-refractivity contribution is 5.85. The van der Waals surface area contributed by atoms with Crippen molar-refractivity contribution >= 4 is 12.6 Å². The van der Waals surface area contributed by atoms with Gasteiger partial charge >= 0.3 is 0 Å². The molecule has 0 spiro atoms. The molecule has 1 aromatic carbocycles. The number of hydrogen-bond acceptors (Lipinski definition) is 4. The molecular weight excluding hydrogens is 268 g/mol. The number of ether oxygens (including phenoxy) is 2. The molecule has 0 N–H and O–H groups in total. The summed E-state index contributed by atoms with van der Waals surface area (Å²) in [4.78, 5) is 21.2. The summed E-state index contributed by atoms with van der Waals surface area (Å²) in [6.45, 7) is 4.60. The van der Waals surface area contributed by atoms with Gasteiger partial charge in [-0.15, -0.1) is 0 Å². The van der Waals surface area contributed by atoms with Gasteiger partial charge in [-0.25, -0.2) is 0 Å². The van der Waals surface area contributed by atoms with Crippen molar-refractivity contribution in [3.05, 3.63) is 41.0 Å². The molecule has 0 saturated heterocycles. The van der Waals surface area contributed by atoms with Gasteiger partial charge < -0.3 is 9.47 Å². The number of aldehydes is 2. The fraction of sp³-hybridized carbons (Fsp3) is 0.412. The van der Waals surface area contributed by atoms with Gasteiger partial charge in [0.2, 0.25) is 0 Å². The minimum absolute atomic E-state index is 0. The molecule has 118 valence electrons. The Morgan fingerprint density at radius 1 is 1.10 bits per heavy atom. The molecule has 0 atom stereocenters. The Hall–Kier alpha value is -1.94. The van der Waals surface area contributed by atoms with Crippen LogP contribution in [-0.4, -0.2) is 33.4 Å². The molecule has 0 unspecified atom stereocenters. The quantitative estimate of drug-likeness (QED) is 0.616. The molecule has 0 amide bonds. The Morgan fingerprint density at radius 2 is 1.67 bits per heavy atom. The normalized spacial score (nSPS) is 10.9. The van der Waals surface area contributed by atoms with Crippen molar-refractivity contribution in [1.29, 1.82) is 0 Å². The first kappa shape index (κ1) is 21.4. The summed E-state index contributed by atoms with van der Waals surface area (Å²) < 4.78 is 9.52. The molecule has 1 heterocycles. The number of hydrogen-bond donors (Lipinski definition) is 0. The lowest BCUT2D eigenvalue weighted by Crippen LogP contribution is -1.91. The van der Waals surface area contributed by atoms with Crippen LogP contribution in [0.2, 0.25) is 0 Å². The highest BCUT2D eigenvalue weighted by Gasteiger charge is 2.16. The van der Waals surface area contributed by atoms with Crippen LogP contribution in [0.1, 0.15) is 47.6 Å². The molecule has 4 nitrogen and oxygen atoms in total. The molecule has 0 saturated carbocycles. The van der Waals surface area contributed by atoms with Gasteiger partial charge in [0.1, 0.15) is 18.3 Å². The van der Waals surface area contributed by atoms with Crippen molar-refractivity contribution < 1.29 is 19.1 Å². The summed E-state index contributed by atoms with van der Waals surface area (Å²) in [5.41, 5.74) is 1.97. The van der Waals surface area contributed by atoms with Crippen molar-refractivity contribution in [3.8, 4) is 5.75 Å². The van der Waals surface area contributed by atoms with E-state index in [9.17, 15) is 9.59 Å². The zero-order valence-electron chi connectivity index (χ0n) is 12.5. The number of allylic oxidation sites excluding steroid dienone is 2. The fourth-order valence-electron chi connectivity index (χ4n) is 1.52. The van der Waals surface area contributed by atoms with Crippen LogP contribution in [0.15, 0.2) is 24.3 Å². The van der Waals surface area contributed by atoms with Gasteiger partial charge in [0.25, 0.3) is 0 Å². The van der Waals surface area contributed by atoms with Gasteiger partial charge in [-0.3, -0.25) is 9.59 Å². The van der Waals surface area contributed by atoms with Gasteiger partial charge in [0.05, 0.1) is 6.61 Å². The second kappa shape index (κ2) is 13.1. The van der Waals surface area contributed by atoms with Crippen LogP contribution in [0.5, 0.6) is 5.75 Å². The maximum absolute atomic E-state index is 10.7. The van der Waals surface area contributed by atoms with Gasteiger partial charge in [0.15, 0.2) is 0 Å². The summed E-state index contributed by atoms with van der Waals surface area (Å²) in [7, 11) is 3.25. The third kappa shape index (κ3) is 7.42. The van der Waals surface area contributed by atoms with Crippen molar-refractivity contribution in [2.75, 3.05) is 20.8 Å². The predicted molar refractivity (Wildman–Crippen MR) is 86.6 cm³/mol. The first-order valence-corrected chi connectivity index (χ1v) is 6.35. The Labute approximate surface area is 127 Å². The highest BCUT2D eigenvalue weighted by Crippen LogP contribution is 2.28. The Bertz CT molecular complexity index is 446. The summed E-state index contributed by atoms with van der Waals surface area (Å²) in [5.74, 6) is 0.673. The average Bonchev–Trinajstić information content (AvgIpc) is 2.95. The van der Waals surface area contributed by atoms with E-state index in [0.717, 1.165) is 24.6 Å². The molecule has 2 rings (SSSR count). The minimum atomic E-state index is 0. The van der Waals surface area contributed by atoms with E-state index in [0.29, 0.717) is 23.5 Å². The fourth-order valence-corrected chi connectivity index (χ4v) is 1.52. The third-order valence-electron chi connectivity index (χ3n) is 2.47. The van der Waals surface area contributed by atoms with Crippen LogP contribution < -0.4 is 4.74 Å². The lowest BCUT2D eigenvalue weighted by molar-refractivity contribution is 0.112. The van der Waals surface area contributed by atoms with Crippen molar-refractivity contribution in [3.63, 3.8) is 0 Å². The summed E-state index contributed by atoms with van der Waals surface area (Å²) in [6, 6.07) is 3.26. The zero-order valence-corrected chi connectivity index (χ0v) is 12.5. The maximum atomic E-state index is 10.7. The average molecular weight is 294 g/mol. The second-order valence-corrected chi connectivity index (χ2v) is 4.00. The topological polar surface area (TPSA) is 52.6 Å². The molecule has 0 bridgehead atoms. The summed E-state index contributed by atoms with van der Waals surface area (Å²) in [6.07, 6.45) is 6.23. The van der Waals surface area contributed by atoms with Crippen LogP contribution in [0, 0.1) is 0 Å². The van der Waals surface area contributed by atoms with Crippen LogP contribution in [0.3, 0.4) is 0 Å². The molecule has 0 aromatic heterocycles. The van der Waals surface area contributed by atoms with Gasteiger partial charge in [0, 0.05) is 37.3 Å². The molecule has 1 aromatic rings. The van der Waals surface area contributed by atoms with Gasteiger partial charge in [-0.05, 0) is 26.0 Å². The molecular formula is C17H26O4. The van der Waals surface area contributed by atoms with Crippen molar-refractivity contribution in [2.24, 2.45) is 0 Å². The first-order valence-electron chi connectivity index (χ1n) is 6.35. The Balaban J connectivity index is 0. The standard InChI is InChI=1S/C10H8O3.C4H8.C2H6O.CH4/c11-5-7-3-8(6-12)9-1-2-13-10(9)4-7;1-3-4-2;1-3-2;/h3-6H,1-2H2;3-4H,1-2H3;1-2H3;1H4. The van der Waals surface area contributed by atoms with Crippen LogP contribution in [0.4, 0.5) is 0 Å². The van der Waals surface area contributed by atoms with Gasteiger partial charge in [-0.2, -0.15) is 0 Å². The molecule has 4 heteroatoms. The largest absolute Gasteiger partial charge is 0.493 e. The number of rotatable bonds is 2. The molecule has 1 aliphatic rings. The van der Waals surface area contributed by atoms with Gasteiger partial charge in [-0.1, -0.05) is 19.6 Å². The molecule has 21 heavy (non-hydrogen) atoms. The van der Waals surface area contributed by atoms with Crippen LogP contribution in [-0.2, 0) is 11.2 Å². The smallest absolute Gasteiger partial charge is 0.150 e.